The van der Waals surface area contributed by atoms with Crippen LogP contribution in [0.5, 0.6) is 11.5 Å². The number of benzene rings is 4. The SMILES string of the molecule is CCCCCCCC1CCC(c2ccc(C(N)Oc3ccccc3)cc2)(c2ccc(C(N)Oc3ccccc3)cc2)CC1. The Morgan fingerprint density at radius 2 is 1.05 bits per heavy atom. The fraction of sp³-hybridized carbons (Fsp3) is 0.385. The van der Waals surface area contributed by atoms with Crippen molar-refractivity contribution in [2.45, 2.75) is 89.0 Å². The van der Waals surface area contributed by atoms with Crippen molar-refractivity contribution in [2.75, 3.05) is 0 Å². The molecule has 4 N–H and O–H groups in total. The monoisotopic (exact) mass is 576 g/mol. The third-order valence-electron chi connectivity index (χ3n) is 9.27. The number of unbranched alkanes of at least 4 members (excludes halogenated alkanes) is 4. The summed E-state index contributed by atoms with van der Waals surface area (Å²) in [7, 11) is 0. The molecule has 4 heteroatoms. The molecule has 43 heavy (non-hydrogen) atoms. The number of rotatable bonds is 14. The minimum absolute atomic E-state index is 0.0372. The van der Waals surface area contributed by atoms with Crippen LogP contribution in [0, 0.1) is 5.92 Å². The molecule has 4 nitrogen and oxygen atoms in total. The van der Waals surface area contributed by atoms with E-state index in [9.17, 15) is 0 Å². The maximum absolute atomic E-state index is 6.45. The summed E-state index contributed by atoms with van der Waals surface area (Å²) in [6, 6.07) is 37.2. The van der Waals surface area contributed by atoms with Crippen molar-refractivity contribution in [3.05, 3.63) is 131 Å². The van der Waals surface area contributed by atoms with Gasteiger partial charge in [0.1, 0.15) is 11.5 Å². The van der Waals surface area contributed by atoms with Crippen LogP contribution in [-0.2, 0) is 5.41 Å². The molecule has 0 bridgehead atoms. The van der Waals surface area contributed by atoms with E-state index in [1.165, 1.54) is 62.5 Å². The second kappa shape index (κ2) is 15.2. The summed E-state index contributed by atoms with van der Waals surface area (Å²) in [6.45, 7) is 2.29. The van der Waals surface area contributed by atoms with Crippen molar-refractivity contribution in [2.24, 2.45) is 17.4 Å². The average Bonchev–Trinajstić information content (AvgIpc) is 3.06. The van der Waals surface area contributed by atoms with Crippen molar-refractivity contribution >= 4 is 0 Å². The highest BCUT2D eigenvalue weighted by atomic mass is 16.5. The largest absolute Gasteiger partial charge is 0.471 e. The Labute approximate surface area is 258 Å². The Morgan fingerprint density at radius 1 is 0.605 bits per heavy atom. The predicted molar refractivity (Wildman–Crippen MR) is 177 cm³/mol. The highest BCUT2D eigenvalue weighted by Gasteiger charge is 2.38. The lowest BCUT2D eigenvalue weighted by molar-refractivity contribution is 0.214. The topological polar surface area (TPSA) is 70.5 Å². The smallest absolute Gasteiger partial charge is 0.174 e. The van der Waals surface area contributed by atoms with E-state index in [0.717, 1.165) is 41.4 Å². The predicted octanol–water partition coefficient (Wildman–Crippen LogP) is 9.60. The van der Waals surface area contributed by atoms with Crippen LogP contribution < -0.4 is 20.9 Å². The van der Waals surface area contributed by atoms with Crippen LogP contribution in [0.1, 0.15) is 106 Å². The molecule has 226 valence electrons. The van der Waals surface area contributed by atoms with Gasteiger partial charge in [0.15, 0.2) is 12.5 Å². The first-order chi connectivity index (χ1) is 21.1. The van der Waals surface area contributed by atoms with Gasteiger partial charge in [-0.05, 0) is 67.0 Å². The van der Waals surface area contributed by atoms with Gasteiger partial charge in [-0.15, -0.1) is 0 Å². The quantitative estimate of drug-likeness (QED) is 0.116. The molecular weight excluding hydrogens is 528 g/mol. The molecule has 0 amide bonds. The Morgan fingerprint density at radius 3 is 1.49 bits per heavy atom. The fourth-order valence-electron chi connectivity index (χ4n) is 6.65. The van der Waals surface area contributed by atoms with E-state index in [-0.39, 0.29) is 5.41 Å². The van der Waals surface area contributed by atoms with Crippen LogP contribution in [0.3, 0.4) is 0 Å². The number of ether oxygens (including phenoxy) is 2. The molecule has 5 rings (SSSR count). The van der Waals surface area contributed by atoms with E-state index in [2.05, 4.69) is 55.5 Å². The van der Waals surface area contributed by atoms with Gasteiger partial charge in [-0.1, -0.05) is 130 Å². The summed E-state index contributed by atoms with van der Waals surface area (Å²) in [5.74, 6) is 2.37. The highest BCUT2D eigenvalue weighted by Crippen LogP contribution is 2.48. The molecule has 2 unspecified atom stereocenters. The van der Waals surface area contributed by atoms with Gasteiger partial charge in [-0.2, -0.15) is 0 Å². The molecule has 2 atom stereocenters. The summed E-state index contributed by atoms with van der Waals surface area (Å²) < 4.78 is 12.0. The lowest BCUT2D eigenvalue weighted by Gasteiger charge is -2.42. The maximum atomic E-state index is 6.45. The fourth-order valence-corrected chi connectivity index (χ4v) is 6.65. The first-order valence-electron chi connectivity index (χ1n) is 16.2. The zero-order valence-electron chi connectivity index (χ0n) is 25.7. The first-order valence-corrected chi connectivity index (χ1v) is 16.2. The standard InChI is InChI=1S/C39H48N2O2/c1-2-3-4-5-8-13-30-26-28-39(29-27-30,33-22-18-31(19-23-33)37(40)42-35-14-9-6-10-15-35)34-24-20-32(21-25-34)38(41)43-36-16-11-7-12-17-36/h6-7,9-12,14-25,30,37-38H,2-5,8,13,26-29,40-41H2,1H3. The van der Waals surface area contributed by atoms with Crippen molar-refractivity contribution in [3.63, 3.8) is 0 Å². The van der Waals surface area contributed by atoms with Crippen LogP contribution in [0.25, 0.3) is 0 Å². The lowest BCUT2D eigenvalue weighted by atomic mass is 9.62. The Bertz CT molecular complexity index is 1260. The molecule has 1 fully saturated rings. The van der Waals surface area contributed by atoms with Gasteiger partial charge in [-0.3, -0.25) is 11.5 Å². The van der Waals surface area contributed by atoms with E-state index < -0.39 is 12.5 Å². The van der Waals surface area contributed by atoms with Crippen LogP contribution in [0.15, 0.2) is 109 Å². The zero-order chi connectivity index (χ0) is 29.9. The maximum Gasteiger partial charge on any atom is 0.174 e. The summed E-state index contributed by atoms with van der Waals surface area (Å²) in [4.78, 5) is 0. The number of hydrogen-bond acceptors (Lipinski definition) is 4. The highest BCUT2D eigenvalue weighted by molar-refractivity contribution is 5.43. The van der Waals surface area contributed by atoms with Gasteiger partial charge in [-0.25, -0.2) is 0 Å². The van der Waals surface area contributed by atoms with Gasteiger partial charge < -0.3 is 9.47 Å². The number of para-hydroxylation sites is 2. The van der Waals surface area contributed by atoms with Crippen LogP contribution in [0.4, 0.5) is 0 Å². The van der Waals surface area contributed by atoms with Crippen molar-refractivity contribution in [1.82, 2.24) is 0 Å². The molecule has 4 aromatic carbocycles. The van der Waals surface area contributed by atoms with E-state index >= 15 is 0 Å². The van der Waals surface area contributed by atoms with Crippen molar-refractivity contribution < 1.29 is 9.47 Å². The Balaban J connectivity index is 1.33. The molecule has 0 aliphatic heterocycles. The lowest BCUT2D eigenvalue weighted by Crippen LogP contribution is -2.33. The summed E-state index contributed by atoms with van der Waals surface area (Å²) in [6.07, 6.45) is 11.9. The van der Waals surface area contributed by atoms with E-state index in [1.807, 2.05) is 60.7 Å². The summed E-state index contributed by atoms with van der Waals surface area (Å²) >= 11 is 0. The Hall–Kier alpha value is -3.60. The minimum atomic E-state index is -0.513. The number of hydrogen-bond donors (Lipinski definition) is 2. The summed E-state index contributed by atoms with van der Waals surface area (Å²) in [5.41, 5.74) is 17.5. The van der Waals surface area contributed by atoms with Crippen molar-refractivity contribution in [3.8, 4) is 11.5 Å². The van der Waals surface area contributed by atoms with Crippen LogP contribution in [-0.4, -0.2) is 0 Å². The normalized spacial score (nSPS) is 19.8. The molecule has 0 heterocycles. The second-order valence-electron chi connectivity index (χ2n) is 12.2. The molecular formula is C39H48N2O2. The van der Waals surface area contributed by atoms with E-state index in [1.54, 1.807) is 0 Å². The van der Waals surface area contributed by atoms with Gasteiger partial charge in [0.25, 0.3) is 0 Å². The van der Waals surface area contributed by atoms with Crippen molar-refractivity contribution in [1.29, 1.82) is 0 Å². The van der Waals surface area contributed by atoms with Gasteiger partial charge in [0.05, 0.1) is 0 Å². The van der Waals surface area contributed by atoms with Gasteiger partial charge >= 0.3 is 0 Å². The molecule has 0 saturated heterocycles. The number of nitrogens with two attached hydrogens (primary N) is 2. The third-order valence-corrected chi connectivity index (χ3v) is 9.27. The van der Waals surface area contributed by atoms with E-state index in [4.69, 9.17) is 20.9 Å². The molecule has 1 aliphatic rings. The Kier molecular flexibility index (Phi) is 10.9. The molecule has 4 aromatic rings. The summed E-state index contributed by atoms with van der Waals surface area (Å²) in [5, 5.41) is 0. The molecule has 1 aliphatic carbocycles. The molecule has 1 saturated carbocycles. The van der Waals surface area contributed by atoms with Crippen LogP contribution >= 0.6 is 0 Å². The van der Waals surface area contributed by atoms with Gasteiger partial charge in [0, 0.05) is 16.5 Å². The first kappa shape index (κ1) is 30.8. The zero-order valence-corrected chi connectivity index (χ0v) is 25.7. The molecule has 0 spiro atoms. The van der Waals surface area contributed by atoms with Gasteiger partial charge in [0.2, 0.25) is 0 Å². The molecule has 0 radical (unpaired) electrons. The second-order valence-corrected chi connectivity index (χ2v) is 12.2. The van der Waals surface area contributed by atoms with E-state index in [0.29, 0.717) is 0 Å². The van der Waals surface area contributed by atoms with Crippen LogP contribution in [0.2, 0.25) is 0 Å². The molecule has 0 aromatic heterocycles. The third kappa shape index (κ3) is 8.07. The minimum Gasteiger partial charge on any atom is -0.471 e. The average molecular weight is 577 g/mol.